The lowest BCUT2D eigenvalue weighted by Gasteiger charge is -2.21. The number of hydrogen-bond donors (Lipinski definition) is 3. The number of carboxylic acids is 1. The number of carboxylic acid groups (broad SMARTS) is 1. The van der Waals surface area contributed by atoms with E-state index in [9.17, 15) is 19.5 Å². The maximum Gasteiger partial charge on any atom is 0.407 e. The Bertz CT molecular complexity index is 974. The van der Waals surface area contributed by atoms with Gasteiger partial charge in [0, 0.05) is 18.4 Å². The van der Waals surface area contributed by atoms with Crippen molar-refractivity contribution in [1.29, 1.82) is 0 Å². The molecule has 0 spiro atoms. The molecule has 2 amide bonds. The predicted molar refractivity (Wildman–Crippen MR) is 131 cm³/mol. The number of alkyl carbamates (subject to hydrolysis) is 1. The van der Waals surface area contributed by atoms with Crippen molar-refractivity contribution in [2.24, 2.45) is 5.92 Å². The van der Waals surface area contributed by atoms with Crippen molar-refractivity contribution in [3.05, 3.63) is 59.7 Å². The van der Waals surface area contributed by atoms with Crippen molar-refractivity contribution >= 4 is 18.0 Å². The minimum Gasteiger partial charge on any atom is -0.480 e. The number of benzene rings is 2. The molecule has 3 rings (SSSR count). The quantitative estimate of drug-likeness (QED) is 0.445. The second-order valence-corrected chi connectivity index (χ2v) is 9.25. The SMILES string of the molecule is CCCC(CC(=O)N[C@H](CC(C)C)C(=O)O)NC(=O)OCC1c2ccccc2-c2ccccc21. The van der Waals surface area contributed by atoms with Crippen LogP contribution in [0.15, 0.2) is 48.5 Å². The van der Waals surface area contributed by atoms with E-state index in [-0.39, 0.29) is 24.9 Å². The molecule has 0 saturated carbocycles. The third-order valence-corrected chi connectivity index (χ3v) is 6.08. The number of hydrogen-bond acceptors (Lipinski definition) is 4. The molecule has 0 saturated heterocycles. The van der Waals surface area contributed by atoms with Crippen LogP contribution in [0.2, 0.25) is 0 Å². The minimum absolute atomic E-state index is 0.0000887. The maximum absolute atomic E-state index is 12.6. The van der Waals surface area contributed by atoms with E-state index in [0.717, 1.165) is 28.7 Å². The van der Waals surface area contributed by atoms with Crippen LogP contribution in [0.3, 0.4) is 0 Å². The molecule has 2 atom stereocenters. The summed E-state index contributed by atoms with van der Waals surface area (Å²) >= 11 is 0. The van der Waals surface area contributed by atoms with Crippen LogP contribution < -0.4 is 10.6 Å². The summed E-state index contributed by atoms with van der Waals surface area (Å²) in [5, 5.41) is 14.7. The molecule has 0 fully saturated rings. The van der Waals surface area contributed by atoms with Gasteiger partial charge in [-0.1, -0.05) is 75.7 Å². The predicted octanol–water partition coefficient (Wildman–Crippen LogP) is 4.70. The highest BCUT2D eigenvalue weighted by atomic mass is 16.5. The Morgan fingerprint density at radius 3 is 2.09 bits per heavy atom. The molecule has 182 valence electrons. The fraction of sp³-hybridized carbons (Fsp3) is 0.444. The van der Waals surface area contributed by atoms with E-state index in [4.69, 9.17) is 4.74 Å². The molecule has 1 aliphatic carbocycles. The van der Waals surface area contributed by atoms with Crippen molar-refractivity contribution in [2.45, 2.75) is 64.5 Å². The maximum atomic E-state index is 12.6. The van der Waals surface area contributed by atoms with Crippen LogP contribution in [-0.2, 0) is 14.3 Å². The van der Waals surface area contributed by atoms with Gasteiger partial charge in [-0.25, -0.2) is 9.59 Å². The van der Waals surface area contributed by atoms with Crippen molar-refractivity contribution in [3.63, 3.8) is 0 Å². The first-order chi connectivity index (χ1) is 16.3. The average molecular weight is 467 g/mol. The summed E-state index contributed by atoms with van der Waals surface area (Å²) in [7, 11) is 0. The van der Waals surface area contributed by atoms with E-state index >= 15 is 0 Å². The highest BCUT2D eigenvalue weighted by Crippen LogP contribution is 2.44. The molecule has 0 radical (unpaired) electrons. The summed E-state index contributed by atoms with van der Waals surface area (Å²) < 4.78 is 5.59. The first-order valence-corrected chi connectivity index (χ1v) is 11.9. The molecule has 3 N–H and O–H groups in total. The van der Waals surface area contributed by atoms with Crippen LogP contribution in [0, 0.1) is 5.92 Å². The summed E-state index contributed by atoms with van der Waals surface area (Å²) in [6, 6.07) is 14.9. The second-order valence-electron chi connectivity index (χ2n) is 9.25. The van der Waals surface area contributed by atoms with Crippen LogP contribution in [0.25, 0.3) is 11.1 Å². The average Bonchev–Trinajstić information content (AvgIpc) is 3.11. The first kappa shape index (κ1) is 25.3. The number of carbonyl (C=O) groups is 3. The number of fused-ring (bicyclic) bond motifs is 3. The molecular weight excluding hydrogens is 432 g/mol. The number of rotatable bonds is 11. The zero-order valence-electron chi connectivity index (χ0n) is 20.0. The van der Waals surface area contributed by atoms with Gasteiger partial charge < -0.3 is 20.5 Å². The van der Waals surface area contributed by atoms with Crippen LogP contribution in [0.1, 0.15) is 63.5 Å². The Morgan fingerprint density at radius 1 is 0.971 bits per heavy atom. The largest absolute Gasteiger partial charge is 0.480 e. The second kappa shape index (κ2) is 11.7. The highest BCUT2D eigenvalue weighted by Gasteiger charge is 2.29. The smallest absolute Gasteiger partial charge is 0.407 e. The Hall–Kier alpha value is -3.35. The molecule has 0 aliphatic heterocycles. The van der Waals surface area contributed by atoms with Gasteiger partial charge in [0.25, 0.3) is 0 Å². The molecule has 2 aromatic rings. The molecule has 0 heterocycles. The number of aliphatic carboxylic acids is 1. The van der Waals surface area contributed by atoms with E-state index in [0.29, 0.717) is 12.8 Å². The van der Waals surface area contributed by atoms with E-state index < -0.39 is 30.1 Å². The lowest BCUT2D eigenvalue weighted by Crippen LogP contribution is -2.45. The van der Waals surface area contributed by atoms with Crippen LogP contribution in [-0.4, -0.2) is 41.8 Å². The summed E-state index contributed by atoms with van der Waals surface area (Å²) in [6.07, 6.45) is 1.11. The zero-order valence-corrected chi connectivity index (χ0v) is 20.0. The van der Waals surface area contributed by atoms with Gasteiger partial charge in [-0.3, -0.25) is 4.79 Å². The molecular formula is C27H34N2O5. The molecule has 1 aliphatic rings. The van der Waals surface area contributed by atoms with Crippen molar-refractivity contribution < 1.29 is 24.2 Å². The Balaban J connectivity index is 1.58. The standard InChI is InChI=1S/C27H34N2O5/c1-4-9-18(15-25(30)29-24(26(31)32)14-17(2)3)28-27(33)34-16-23-21-12-7-5-10-19(21)20-11-6-8-13-22(20)23/h5-8,10-13,17-18,23-24H,4,9,14-16H2,1-3H3,(H,28,33)(H,29,30)(H,31,32)/t18?,24-/m1/s1. The molecule has 34 heavy (non-hydrogen) atoms. The molecule has 7 nitrogen and oxygen atoms in total. The molecule has 1 unspecified atom stereocenters. The molecule has 0 bridgehead atoms. The Kier molecular flexibility index (Phi) is 8.68. The summed E-state index contributed by atoms with van der Waals surface area (Å²) in [5.74, 6) is -1.37. The first-order valence-electron chi connectivity index (χ1n) is 11.9. The van der Waals surface area contributed by atoms with Gasteiger partial charge in [0.15, 0.2) is 0 Å². The van der Waals surface area contributed by atoms with Gasteiger partial charge in [-0.2, -0.15) is 0 Å². The van der Waals surface area contributed by atoms with Crippen LogP contribution in [0.5, 0.6) is 0 Å². The molecule has 7 heteroatoms. The third-order valence-electron chi connectivity index (χ3n) is 6.08. The normalized spacial score (nSPS) is 14.1. The summed E-state index contributed by atoms with van der Waals surface area (Å²) in [5.41, 5.74) is 4.57. The number of nitrogens with one attached hydrogen (secondary N) is 2. The fourth-order valence-corrected chi connectivity index (χ4v) is 4.55. The van der Waals surface area contributed by atoms with Gasteiger partial charge >= 0.3 is 12.1 Å². The highest BCUT2D eigenvalue weighted by molar-refractivity contribution is 5.84. The zero-order chi connectivity index (χ0) is 24.7. The van der Waals surface area contributed by atoms with Gasteiger partial charge in [-0.05, 0) is 41.0 Å². The van der Waals surface area contributed by atoms with Gasteiger partial charge in [0.05, 0.1) is 0 Å². The van der Waals surface area contributed by atoms with Crippen molar-refractivity contribution in [1.82, 2.24) is 10.6 Å². The van der Waals surface area contributed by atoms with Crippen LogP contribution >= 0.6 is 0 Å². The van der Waals surface area contributed by atoms with Gasteiger partial charge in [0.2, 0.25) is 5.91 Å². The Morgan fingerprint density at radius 2 is 1.56 bits per heavy atom. The van der Waals surface area contributed by atoms with Gasteiger partial charge in [0.1, 0.15) is 12.6 Å². The fourth-order valence-electron chi connectivity index (χ4n) is 4.55. The van der Waals surface area contributed by atoms with E-state index in [1.54, 1.807) is 0 Å². The monoisotopic (exact) mass is 466 g/mol. The van der Waals surface area contributed by atoms with E-state index in [1.165, 1.54) is 0 Å². The molecule has 0 aromatic heterocycles. The lowest BCUT2D eigenvalue weighted by molar-refractivity contribution is -0.142. The van der Waals surface area contributed by atoms with Gasteiger partial charge in [-0.15, -0.1) is 0 Å². The third kappa shape index (κ3) is 6.37. The Labute approximate surface area is 200 Å². The topological polar surface area (TPSA) is 105 Å². The van der Waals surface area contributed by atoms with E-state index in [2.05, 4.69) is 34.9 Å². The number of ether oxygens (including phenoxy) is 1. The summed E-state index contributed by atoms with van der Waals surface area (Å²) in [6.45, 7) is 5.96. The number of amides is 2. The summed E-state index contributed by atoms with van der Waals surface area (Å²) in [4.78, 5) is 36.5. The van der Waals surface area contributed by atoms with Crippen molar-refractivity contribution in [3.8, 4) is 11.1 Å². The minimum atomic E-state index is -1.06. The van der Waals surface area contributed by atoms with E-state index in [1.807, 2.05) is 45.0 Å². The van der Waals surface area contributed by atoms with Crippen molar-refractivity contribution in [2.75, 3.05) is 6.61 Å². The van der Waals surface area contributed by atoms with Crippen LogP contribution in [0.4, 0.5) is 4.79 Å². The number of carbonyl (C=O) groups excluding carboxylic acids is 2. The molecule has 2 aromatic carbocycles. The lowest BCUT2D eigenvalue weighted by atomic mass is 9.98.